The Morgan fingerprint density at radius 3 is 2.28 bits per heavy atom. The van der Waals surface area contributed by atoms with Crippen molar-refractivity contribution in [2.24, 2.45) is 16.7 Å². The van der Waals surface area contributed by atoms with E-state index in [9.17, 15) is 29.4 Å². The second-order valence-electron chi connectivity index (χ2n) is 11.8. The Balaban J connectivity index is 2.01. The number of terminal acetylenes is 1. The van der Waals surface area contributed by atoms with Gasteiger partial charge in [-0.2, -0.15) is 0 Å². The van der Waals surface area contributed by atoms with Gasteiger partial charge in [0.25, 0.3) is 0 Å². The zero-order valence-electron chi connectivity index (χ0n) is 24.7. The number of carbonyl (C=O) groups excluding carboxylic acids is 4. The maximum Gasteiger partial charge on any atom is 0.385 e. The van der Waals surface area contributed by atoms with Gasteiger partial charge < -0.3 is 29.2 Å². The van der Waals surface area contributed by atoms with Gasteiger partial charge in [-0.25, -0.2) is 4.79 Å². The van der Waals surface area contributed by atoms with Gasteiger partial charge in [-0.15, -0.1) is 6.42 Å². The topological polar surface area (TPSA) is 146 Å². The Morgan fingerprint density at radius 2 is 1.70 bits per heavy atom. The number of fused-ring (bicyclic) bond motifs is 5. The van der Waals surface area contributed by atoms with Crippen LogP contribution in [0.2, 0.25) is 0 Å². The lowest BCUT2D eigenvalue weighted by molar-refractivity contribution is -0.308. The minimum absolute atomic E-state index is 0.181. The number of esters is 3. The Morgan fingerprint density at radius 1 is 1.05 bits per heavy atom. The molecule has 0 aromatic rings. The standard InChI is InChI=1S/C33H32O10/c1-8-9-10-11-12-13-14-24(37)42-29-27-31(7,16-15-23-32(27,18-40-23)43-21(4)35)28(38)26(41-20(3)34)25-19(2)22(36)17-33(29,39)30(25,5)6/h1,15-16,22-23,26-27,29,36,39H,17-18H2,2-7H3/t22-,23+,26+,27-,29-,31+,32-,33+/m0/s1. The molecule has 4 rings (SSSR count). The lowest BCUT2D eigenvalue weighted by Crippen LogP contribution is -2.78. The number of rotatable bonds is 3. The Kier molecular flexibility index (Phi) is 8.14. The smallest absolute Gasteiger partial charge is 0.385 e. The fourth-order valence-electron chi connectivity index (χ4n) is 7.06. The van der Waals surface area contributed by atoms with E-state index >= 15 is 0 Å². The predicted molar refractivity (Wildman–Crippen MR) is 150 cm³/mol. The molecule has 2 bridgehead atoms. The average molecular weight is 589 g/mol. The molecule has 0 amide bonds. The van der Waals surface area contributed by atoms with Gasteiger partial charge in [-0.3, -0.25) is 14.4 Å². The number of aliphatic hydroxyl groups is 2. The van der Waals surface area contributed by atoms with Crippen LogP contribution in [0.15, 0.2) is 23.3 Å². The number of Topliss-reactive ketones (excluding diaryl/α,β-unsaturated/α-hetero) is 1. The van der Waals surface area contributed by atoms with Crippen molar-refractivity contribution in [3.05, 3.63) is 23.3 Å². The van der Waals surface area contributed by atoms with Crippen LogP contribution in [-0.2, 0) is 38.1 Å². The lowest BCUT2D eigenvalue weighted by Gasteiger charge is -2.64. The van der Waals surface area contributed by atoms with E-state index in [1.54, 1.807) is 33.8 Å². The highest BCUT2D eigenvalue weighted by Gasteiger charge is 2.75. The Hall–Kier alpha value is -4.32. The van der Waals surface area contributed by atoms with Crippen LogP contribution in [0.1, 0.15) is 48.0 Å². The zero-order chi connectivity index (χ0) is 32.0. The van der Waals surface area contributed by atoms with Crippen molar-refractivity contribution < 1.29 is 48.3 Å². The lowest BCUT2D eigenvalue weighted by atomic mass is 9.46. The fourth-order valence-corrected chi connectivity index (χ4v) is 7.06. The summed E-state index contributed by atoms with van der Waals surface area (Å²) < 4.78 is 23.2. The van der Waals surface area contributed by atoms with E-state index in [0.29, 0.717) is 5.57 Å². The third-order valence-corrected chi connectivity index (χ3v) is 9.09. The van der Waals surface area contributed by atoms with Crippen molar-refractivity contribution in [3.8, 4) is 47.9 Å². The van der Waals surface area contributed by atoms with Crippen LogP contribution in [0.25, 0.3) is 0 Å². The van der Waals surface area contributed by atoms with Crippen LogP contribution < -0.4 is 0 Å². The second kappa shape index (κ2) is 11.1. The maximum absolute atomic E-state index is 14.6. The molecule has 10 nitrogen and oxygen atoms in total. The average Bonchev–Trinajstić information content (AvgIpc) is 2.89. The highest BCUT2D eigenvalue weighted by atomic mass is 16.6. The number of hydrogen-bond donors (Lipinski definition) is 2. The van der Waals surface area contributed by atoms with Gasteiger partial charge in [0.2, 0.25) is 0 Å². The molecule has 3 aliphatic carbocycles. The highest BCUT2D eigenvalue weighted by molar-refractivity contribution is 5.96. The molecule has 4 aliphatic rings. The monoisotopic (exact) mass is 588 g/mol. The van der Waals surface area contributed by atoms with Gasteiger partial charge >= 0.3 is 17.9 Å². The van der Waals surface area contributed by atoms with E-state index in [4.69, 9.17) is 25.4 Å². The van der Waals surface area contributed by atoms with Crippen LogP contribution in [0.5, 0.6) is 0 Å². The third kappa shape index (κ3) is 4.93. The number of ether oxygens (including phenoxy) is 4. The number of aliphatic hydroxyl groups excluding tert-OH is 1. The van der Waals surface area contributed by atoms with Crippen molar-refractivity contribution in [2.75, 3.05) is 6.61 Å². The molecule has 0 aromatic carbocycles. The molecular weight excluding hydrogens is 556 g/mol. The molecule has 2 N–H and O–H groups in total. The molecule has 8 atom stereocenters. The summed E-state index contributed by atoms with van der Waals surface area (Å²) in [5, 5.41) is 24.0. The van der Waals surface area contributed by atoms with Crippen molar-refractivity contribution in [1.82, 2.24) is 0 Å². The van der Waals surface area contributed by atoms with E-state index in [-0.39, 0.29) is 18.6 Å². The summed E-state index contributed by atoms with van der Waals surface area (Å²) in [6.45, 7) is 8.50. The fraction of sp³-hybridized carbons (Fsp3) is 0.515. The molecular formula is C33H32O10. The normalized spacial score (nSPS) is 36.3. The molecule has 0 aromatic heterocycles. The molecule has 1 saturated carbocycles. The quantitative estimate of drug-likeness (QED) is 0.160. The van der Waals surface area contributed by atoms with Crippen molar-refractivity contribution in [3.63, 3.8) is 0 Å². The SMILES string of the molecule is C#CC#CC#CC#CC(=O)O[C@H]1[C@@H]2[C@]3(OC(C)=O)CO[C@@H]3C=C[C@@]2(C)C(=O)[C@H](OC(C)=O)C2=C(C)[C@@H](O)C[C@]1(O)C2(C)C. The van der Waals surface area contributed by atoms with Gasteiger partial charge in [0.15, 0.2) is 17.5 Å². The first-order chi connectivity index (χ1) is 20.1. The van der Waals surface area contributed by atoms with Crippen LogP contribution in [0.3, 0.4) is 0 Å². The van der Waals surface area contributed by atoms with E-state index < -0.39 is 76.1 Å². The number of carbonyl (C=O) groups is 4. The largest absolute Gasteiger partial charge is 0.453 e. The summed E-state index contributed by atoms with van der Waals surface area (Å²) in [5.74, 6) is 11.5. The first-order valence-corrected chi connectivity index (χ1v) is 13.6. The van der Waals surface area contributed by atoms with Crippen molar-refractivity contribution in [1.29, 1.82) is 0 Å². The highest BCUT2D eigenvalue weighted by Crippen LogP contribution is 2.62. The molecule has 2 fully saturated rings. The molecule has 10 heteroatoms. The summed E-state index contributed by atoms with van der Waals surface area (Å²) in [6, 6.07) is 0. The van der Waals surface area contributed by atoms with Gasteiger partial charge in [-0.1, -0.05) is 26.0 Å². The van der Waals surface area contributed by atoms with Crippen molar-refractivity contribution in [2.45, 2.75) is 83.6 Å². The van der Waals surface area contributed by atoms with E-state index in [1.165, 1.54) is 13.0 Å². The summed E-state index contributed by atoms with van der Waals surface area (Å²) in [4.78, 5) is 52.7. The summed E-state index contributed by atoms with van der Waals surface area (Å²) in [7, 11) is 0. The second-order valence-corrected chi connectivity index (χ2v) is 11.8. The van der Waals surface area contributed by atoms with Gasteiger partial charge in [-0.05, 0) is 60.5 Å². The number of hydrogen-bond acceptors (Lipinski definition) is 10. The molecule has 0 spiro atoms. The molecule has 1 heterocycles. The van der Waals surface area contributed by atoms with Crippen molar-refractivity contribution >= 4 is 23.7 Å². The minimum Gasteiger partial charge on any atom is -0.453 e. The summed E-state index contributed by atoms with van der Waals surface area (Å²) in [5.41, 5.74) is -6.23. The molecule has 224 valence electrons. The van der Waals surface area contributed by atoms with Gasteiger partial charge in [0, 0.05) is 31.6 Å². The van der Waals surface area contributed by atoms with Crippen LogP contribution >= 0.6 is 0 Å². The molecule has 0 radical (unpaired) electrons. The van der Waals surface area contributed by atoms with E-state index in [0.717, 1.165) is 6.92 Å². The first kappa shape index (κ1) is 31.6. The third-order valence-electron chi connectivity index (χ3n) is 9.09. The molecule has 43 heavy (non-hydrogen) atoms. The summed E-state index contributed by atoms with van der Waals surface area (Å²) >= 11 is 0. The van der Waals surface area contributed by atoms with Gasteiger partial charge in [0.05, 0.1) is 24.0 Å². The minimum atomic E-state index is -2.11. The summed E-state index contributed by atoms with van der Waals surface area (Å²) in [6.07, 6.45) is 2.54. The van der Waals surface area contributed by atoms with Crippen LogP contribution in [0.4, 0.5) is 0 Å². The Bertz CT molecular complexity index is 1570. The maximum atomic E-state index is 14.6. The van der Waals surface area contributed by atoms with E-state index in [1.807, 2.05) is 0 Å². The van der Waals surface area contributed by atoms with Crippen LogP contribution in [-0.4, -0.2) is 76.1 Å². The first-order valence-electron chi connectivity index (χ1n) is 13.6. The van der Waals surface area contributed by atoms with Gasteiger partial charge in [0.1, 0.15) is 17.8 Å². The number of allylic oxidation sites excluding steroid dienone is 1. The zero-order valence-corrected chi connectivity index (χ0v) is 24.7. The predicted octanol–water partition coefficient (Wildman–Crippen LogP) is 0.787. The molecule has 1 aliphatic heterocycles. The van der Waals surface area contributed by atoms with E-state index in [2.05, 4.69) is 41.4 Å². The Labute approximate surface area is 250 Å². The molecule has 0 unspecified atom stereocenters. The van der Waals surface area contributed by atoms with Crippen LogP contribution in [0, 0.1) is 64.6 Å². The number of ketones is 1. The molecule has 1 saturated heterocycles.